The summed E-state index contributed by atoms with van der Waals surface area (Å²) in [4.78, 5) is 65.7. The van der Waals surface area contributed by atoms with E-state index in [9.17, 15) is 29.1 Å². The van der Waals surface area contributed by atoms with Crippen LogP contribution in [0, 0.1) is 0 Å². The van der Waals surface area contributed by atoms with Crippen molar-refractivity contribution in [2.24, 2.45) is 11.5 Å². The van der Waals surface area contributed by atoms with Crippen molar-refractivity contribution in [3.05, 3.63) is 36.0 Å². The van der Waals surface area contributed by atoms with E-state index >= 15 is 0 Å². The number of hydrogen-bond donors (Lipinski definition) is 8. The van der Waals surface area contributed by atoms with Crippen molar-refractivity contribution in [1.29, 1.82) is 0 Å². The zero-order chi connectivity index (χ0) is 28.4. The maximum Gasteiger partial charge on any atom is 0.326 e. The third kappa shape index (κ3) is 8.52. The van der Waals surface area contributed by atoms with Gasteiger partial charge >= 0.3 is 5.97 Å². The second-order valence-corrected chi connectivity index (χ2v) is 9.69. The lowest BCUT2D eigenvalue weighted by Crippen LogP contribution is -2.57. The van der Waals surface area contributed by atoms with Crippen LogP contribution in [-0.2, 0) is 30.4 Å². The minimum Gasteiger partial charge on any atom is -0.480 e. The Balaban J connectivity index is 1.72. The third-order valence-corrected chi connectivity index (χ3v) is 6.71. The number of para-hydroxylation sites is 1. The van der Waals surface area contributed by atoms with Crippen molar-refractivity contribution < 1.29 is 29.1 Å². The number of unbranched alkanes of at least 4 members (excludes halogenated alkanes) is 1. The predicted octanol–water partition coefficient (Wildman–Crippen LogP) is -0.994. The summed E-state index contributed by atoms with van der Waals surface area (Å²) >= 11 is 0. The zero-order valence-corrected chi connectivity index (χ0v) is 21.7. The molecule has 4 amide bonds. The molecule has 2 aromatic rings. The van der Waals surface area contributed by atoms with Crippen LogP contribution in [0.1, 0.15) is 44.1 Å². The molecule has 3 rings (SSSR count). The molecular weight excluding hydrogens is 506 g/mol. The van der Waals surface area contributed by atoms with E-state index in [1.807, 2.05) is 24.3 Å². The Morgan fingerprint density at radius 3 is 2.38 bits per heavy atom. The van der Waals surface area contributed by atoms with Crippen LogP contribution in [0.5, 0.6) is 0 Å². The molecule has 4 atom stereocenters. The number of fused-ring (bicyclic) bond motifs is 1. The number of amides is 4. The highest BCUT2D eigenvalue weighted by atomic mass is 16.4. The smallest absolute Gasteiger partial charge is 0.326 e. The molecular formula is C26H37N7O6. The average molecular weight is 544 g/mol. The van der Waals surface area contributed by atoms with Crippen LogP contribution in [0.15, 0.2) is 30.5 Å². The number of benzene rings is 1. The first-order chi connectivity index (χ1) is 18.7. The fourth-order valence-electron chi connectivity index (χ4n) is 4.62. The highest BCUT2D eigenvalue weighted by Gasteiger charge is 2.32. The van der Waals surface area contributed by atoms with E-state index in [2.05, 4.69) is 26.3 Å². The standard InChI is InChI=1S/C26H37N7O6/c27-10-4-3-8-19(31-25(37)20(13-22(28)34)32-23(35)18-9-5-11-29-18)24(36)33-21(26(38)39)12-15-14-30-17-7-2-1-6-16(15)17/h1-2,6-7,14,18-21,29-30H,3-5,8-13,27H2,(H2,28,34)(H,31,37)(H,32,35)(H,33,36)(H,38,39). The number of primary amides is 1. The van der Waals surface area contributed by atoms with E-state index in [1.54, 1.807) is 6.20 Å². The molecule has 4 unspecified atom stereocenters. The van der Waals surface area contributed by atoms with E-state index < -0.39 is 60.2 Å². The summed E-state index contributed by atoms with van der Waals surface area (Å²) in [6, 6.07) is 3.24. The van der Waals surface area contributed by atoms with Crippen LogP contribution in [0.2, 0.25) is 0 Å². The number of carboxylic acids is 1. The summed E-state index contributed by atoms with van der Waals surface area (Å²) in [5.41, 5.74) is 12.4. The minimum atomic E-state index is -1.29. The van der Waals surface area contributed by atoms with Gasteiger partial charge in [0.15, 0.2) is 0 Å². The van der Waals surface area contributed by atoms with Gasteiger partial charge in [0.25, 0.3) is 0 Å². The summed E-state index contributed by atoms with van der Waals surface area (Å²) in [6.07, 6.45) is 3.88. The summed E-state index contributed by atoms with van der Waals surface area (Å²) in [6.45, 7) is 1.03. The van der Waals surface area contributed by atoms with Gasteiger partial charge < -0.3 is 42.8 Å². The molecule has 0 radical (unpaired) electrons. The molecule has 212 valence electrons. The number of nitrogens with two attached hydrogens (primary N) is 2. The number of nitrogens with one attached hydrogen (secondary N) is 5. The lowest BCUT2D eigenvalue weighted by Gasteiger charge is -2.25. The maximum absolute atomic E-state index is 13.2. The van der Waals surface area contributed by atoms with Crippen LogP contribution in [-0.4, -0.2) is 76.9 Å². The Hall–Kier alpha value is -3.97. The van der Waals surface area contributed by atoms with Gasteiger partial charge in [-0.05, 0) is 56.8 Å². The summed E-state index contributed by atoms with van der Waals surface area (Å²) in [5, 5.41) is 21.3. The van der Waals surface area contributed by atoms with Crippen molar-refractivity contribution in [1.82, 2.24) is 26.3 Å². The van der Waals surface area contributed by atoms with Gasteiger partial charge in [0.2, 0.25) is 23.6 Å². The van der Waals surface area contributed by atoms with Gasteiger partial charge in [-0.1, -0.05) is 18.2 Å². The van der Waals surface area contributed by atoms with Gasteiger partial charge in [-0.15, -0.1) is 0 Å². The summed E-state index contributed by atoms with van der Waals surface area (Å²) < 4.78 is 0. The largest absolute Gasteiger partial charge is 0.480 e. The first-order valence-electron chi connectivity index (χ1n) is 13.1. The lowest BCUT2D eigenvalue weighted by atomic mass is 10.0. The number of carbonyl (C=O) groups excluding carboxylic acids is 4. The molecule has 1 aliphatic rings. The van der Waals surface area contributed by atoms with Crippen LogP contribution in [0.25, 0.3) is 10.9 Å². The lowest BCUT2D eigenvalue weighted by molar-refractivity contribution is -0.142. The van der Waals surface area contributed by atoms with Crippen LogP contribution >= 0.6 is 0 Å². The van der Waals surface area contributed by atoms with Crippen LogP contribution in [0.3, 0.4) is 0 Å². The van der Waals surface area contributed by atoms with Crippen molar-refractivity contribution >= 4 is 40.5 Å². The molecule has 1 aromatic heterocycles. The Morgan fingerprint density at radius 1 is 1.00 bits per heavy atom. The predicted molar refractivity (Wildman–Crippen MR) is 143 cm³/mol. The van der Waals surface area contributed by atoms with E-state index in [-0.39, 0.29) is 12.8 Å². The van der Waals surface area contributed by atoms with Crippen LogP contribution in [0.4, 0.5) is 0 Å². The molecule has 1 fully saturated rings. The number of H-pyrrole nitrogens is 1. The van der Waals surface area contributed by atoms with Crippen LogP contribution < -0.4 is 32.7 Å². The number of carboxylic acid groups (broad SMARTS) is 1. The fraction of sp³-hybridized carbons (Fsp3) is 0.500. The highest BCUT2D eigenvalue weighted by Crippen LogP contribution is 2.19. The molecule has 13 nitrogen and oxygen atoms in total. The van der Waals surface area contributed by atoms with Gasteiger partial charge in [0.1, 0.15) is 18.1 Å². The Labute approximate surface area is 225 Å². The molecule has 0 saturated carbocycles. The Bertz CT molecular complexity index is 1180. The van der Waals surface area contributed by atoms with E-state index in [4.69, 9.17) is 11.5 Å². The average Bonchev–Trinajstić information content (AvgIpc) is 3.58. The normalized spacial score (nSPS) is 17.2. The SMILES string of the molecule is NCCCCC(NC(=O)C(CC(N)=O)NC(=O)C1CCCN1)C(=O)NC(Cc1c[nH]c2ccccc12)C(=O)O. The highest BCUT2D eigenvalue weighted by molar-refractivity contribution is 5.96. The summed E-state index contributed by atoms with van der Waals surface area (Å²) in [5.74, 6) is -3.94. The molecule has 39 heavy (non-hydrogen) atoms. The Kier molecular flexibility index (Phi) is 10.8. The first-order valence-corrected chi connectivity index (χ1v) is 13.1. The molecule has 10 N–H and O–H groups in total. The molecule has 0 aliphatic carbocycles. The van der Waals surface area contributed by atoms with Gasteiger partial charge in [0, 0.05) is 23.5 Å². The molecule has 2 heterocycles. The number of rotatable bonds is 15. The number of aliphatic carboxylic acids is 1. The second-order valence-electron chi connectivity index (χ2n) is 9.69. The zero-order valence-electron chi connectivity index (χ0n) is 21.7. The molecule has 1 saturated heterocycles. The van der Waals surface area contributed by atoms with Gasteiger partial charge in [-0.2, -0.15) is 0 Å². The molecule has 13 heteroatoms. The number of aromatic amines is 1. The number of aromatic nitrogens is 1. The van der Waals surface area contributed by atoms with Gasteiger partial charge in [-0.3, -0.25) is 19.2 Å². The van der Waals surface area contributed by atoms with Crippen molar-refractivity contribution in [3.63, 3.8) is 0 Å². The summed E-state index contributed by atoms with van der Waals surface area (Å²) in [7, 11) is 0. The van der Waals surface area contributed by atoms with E-state index in [1.165, 1.54) is 0 Å². The minimum absolute atomic E-state index is 0.0172. The molecule has 1 aromatic carbocycles. The van der Waals surface area contributed by atoms with Gasteiger partial charge in [0.05, 0.1) is 12.5 Å². The first kappa shape index (κ1) is 29.6. The monoisotopic (exact) mass is 543 g/mol. The van der Waals surface area contributed by atoms with Crippen molar-refractivity contribution in [3.8, 4) is 0 Å². The van der Waals surface area contributed by atoms with Gasteiger partial charge in [-0.25, -0.2) is 4.79 Å². The van der Waals surface area contributed by atoms with Crippen molar-refractivity contribution in [2.45, 2.75) is 69.1 Å². The van der Waals surface area contributed by atoms with E-state index in [0.717, 1.165) is 17.3 Å². The number of carbonyl (C=O) groups is 5. The Morgan fingerprint density at radius 2 is 1.72 bits per heavy atom. The fourth-order valence-corrected chi connectivity index (χ4v) is 4.62. The quantitative estimate of drug-likeness (QED) is 0.130. The molecule has 0 spiro atoms. The third-order valence-electron chi connectivity index (χ3n) is 6.71. The van der Waals surface area contributed by atoms with Crippen molar-refractivity contribution in [2.75, 3.05) is 13.1 Å². The topological polar surface area (TPSA) is 222 Å². The molecule has 0 bridgehead atoms. The molecule has 1 aliphatic heterocycles. The van der Waals surface area contributed by atoms with E-state index in [0.29, 0.717) is 37.9 Å². The maximum atomic E-state index is 13.2. The second kappa shape index (κ2) is 14.3. The number of hydrogen-bond acceptors (Lipinski definition) is 7.